The molecule has 2 heterocycles. The fourth-order valence-electron chi connectivity index (χ4n) is 2.52. The normalized spacial score (nSPS) is 19.9. The van der Waals surface area contributed by atoms with Gasteiger partial charge in [-0.15, -0.1) is 11.3 Å². The third-order valence-corrected chi connectivity index (χ3v) is 5.52. The molecule has 1 unspecified atom stereocenters. The summed E-state index contributed by atoms with van der Waals surface area (Å²) in [6.07, 6.45) is 2.33. The second kappa shape index (κ2) is 6.17. The van der Waals surface area contributed by atoms with Crippen molar-refractivity contribution in [1.82, 2.24) is 4.90 Å². The van der Waals surface area contributed by atoms with Crippen LogP contribution < -0.4 is 0 Å². The Bertz CT molecular complexity index is 413. The van der Waals surface area contributed by atoms with Crippen LogP contribution in [0.15, 0.2) is 15.9 Å². The van der Waals surface area contributed by atoms with Crippen LogP contribution >= 0.6 is 27.3 Å². The first-order valence-corrected chi connectivity index (χ1v) is 7.93. The zero-order chi connectivity index (χ0) is 13.1. The Morgan fingerprint density at radius 1 is 1.61 bits per heavy atom. The van der Waals surface area contributed by atoms with Gasteiger partial charge in [-0.25, -0.2) is 0 Å². The lowest BCUT2D eigenvalue weighted by molar-refractivity contribution is -0.138. The SMILES string of the molecule is CC(c1cc(Br)cs1)N1CCC(CC(=O)O)CC1. The van der Waals surface area contributed by atoms with Gasteiger partial charge in [0.15, 0.2) is 0 Å². The summed E-state index contributed by atoms with van der Waals surface area (Å²) in [5.41, 5.74) is 0. The highest BCUT2D eigenvalue weighted by molar-refractivity contribution is 9.10. The molecule has 1 aromatic heterocycles. The zero-order valence-corrected chi connectivity index (χ0v) is 12.8. The van der Waals surface area contributed by atoms with E-state index in [0.717, 1.165) is 30.4 Å². The minimum absolute atomic E-state index is 0.326. The maximum absolute atomic E-state index is 10.7. The van der Waals surface area contributed by atoms with Crippen molar-refractivity contribution in [1.29, 1.82) is 0 Å². The Labute approximate surface area is 120 Å². The van der Waals surface area contributed by atoms with E-state index in [1.54, 1.807) is 11.3 Å². The molecule has 1 N–H and O–H groups in total. The fraction of sp³-hybridized carbons (Fsp3) is 0.615. The Morgan fingerprint density at radius 2 is 2.28 bits per heavy atom. The number of carboxylic acid groups (broad SMARTS) is 1. The summed E-state index contributed by atoms with van der Waals surface area (Å²) < 4.78 is 1.15. The Hall–Kier alpha value is -0.390. The number of thiophene rings is 1. The van der Waals surface area contributed by atoms with Gasteiger partial charge >= 0.3 is 5.97 Å². The number of hydrogen-bond acceptors (Lipinski definition) is 3. The second-order valence-corrected chi connectivity index (χ2v) is 6.78. The van der Waals surface area contributed by atoms with Crippen LogP contribution in [0, 0.1) is 5.92 Å². The lowest BCUT2D eigenvalue weighted by atomic mass is 9.93. The fourth-order valence-corrected chi connectivity index (χ4v) is 4.05. The highest BCUT2D eigenvalue weighted by Gasteiger charge is 2.25. The first-order valence-electron chi connectivity index (χ1n) is 6.26. The number of likely N-dealkylation sites (tertiary alicyclic amines) is 1. The highest BCUT2D eigenvalue weighted by Crippen LogP contribution is 2.32. The number of piperidine rings is 1. The number of nitrogens with zero attached hydrogens (tertiary/aromatic N) is 1. The molecule has 0 saturated carbocycles. The number of hydrogen-bond donors (Lipinski definition) is 1. The average Bonchev–Trinajstić information content (AvgIpc) is 2.75. The number of halogens is 1. The van der Waals surface area contributed by atoms with Crippen LogP contribution in [0.3, 0.4) is 0 Å². The third kappa shape index (κ3) is 3.56. The molecule has 18 heavy (non-hydrogen) atoms. The maximum Gasteiger partial charge on any atom is 0.303 e. The van der Waals surface area contributed by atoms with Crippen LogP contribution in [0.25, 0.3) is 0 Å². The Kier molecular flexibility index (Phi) is 4.81. The topological polar surface area (TPSA) is 40.5 Å². The van der Waals surface area contributed by atoms with Crippen molar-refractivity contribution in [3.8, 4) is 0 Å². The molecule has 1 saturated heterocycles. The first-order chi connectivity index (χ1) is 8.56. The van der Waals surface area contributed by atoms with Crippen LogP contribution in [0.4, 0.5) is 0 Å². The summed E-state index contributed by atoms with van der Waals surface area (Å²) in [4.78, 5) is 14.5. The molecular formula is C13H18BrNO2S. The first kappa shape index (κ1) is 14.0. The molecule has 0 spiro atoms. The van der Waals surface area contributed by atoms with Crippen LogP contribution in [-0.2, 0) is 4.79 Å². The van der Waals surface area contributed by atoms with Crippen molar-refractivity contribution in [3.05, 3.63) is 20.8 Å². The highest BCUT2D eigenvalue weighted by atomic mass is 79.9. The average molecular weight is 332 g/mol. The maximum atomic E-state index is 10.7. The van der Waals surface area contributed by atoms with E-state index in [1.165, 1.54) is 4.88 Å². The van der Waals surface area contributed by atoms with E-state index >= 15 is 0 Å². The quantitative estimate of drug-likeness (QED) is 0.913. The summed E-state index contributed by atoms with van der Waals surface area (Å²) in [6.45, 7) is 4.25. The van der Waals surface area contributed by atoms with Crippen molar-refractivity contribution >= 4 is 33.2 Å². The largest absolute Gasteiger partial charge is 0.481 e. The van der Waals surface area contributed by atoms with E-state index in [-0.39, 0.29) is 0 Å². The zero-order valence-electron chi connectivity index (χ0n) is 10.4. The number of carboxylic acids is 1. The predicted octanol–water partition coefficient (Wildman–Crippen LogP) is 3.76. The van der Waals surface area contributed by atoms with Crippen molar-refractivity contribution in [2.75, 3.05) is 13.1 Å². The number of rotatable bonds is 4. The predicted molar refractivity (Wildman–Crippen MR) is 77.0 cm³/mol. The van der Waals surface area contributed by atoms with Crippen molar-refractivity contribution < 1.29 is 9.90 Å². The molecule has 0 aromatic carbocycles. The van der Waals surface area contributed by atoms with Gasteiger partial charge in [-0.3, -0.25) is 9.69 Å². The van der Waals surface area contributed by atoms with Gasteiger partial charge in [0, 0.05) is 27.2 Å². The Balaban J connectivity index is 1.87. The lowest BCUT2D eigenvalue weighted by Crippen LogP contribution is -2.35. The van der Waals surface area contributed by atoms with E-state index in [0.29, 0.717) is 18.4 Å². The molecule has 1 atom stereocenters. The molecule has 0 amide bonds. The number of aliphatic carboxylic acids is 1. The monoisotopic (exact) mass is 331 g/mol. The summed E-state index contributed by atoms with van der Waals surface area (Å²) in [6, 6.07) is 2.62. The van der Waals surface area contributed by atoms with Gasteiger partial charge in [0.1, 0.15) is 0 Å². The summed E-state index contributed by atoms with van der Waals surface area (Å²) >= 11 is 5.27. The van der Waals surface area contributed by atoms with Gasteiger partial charge < -0.3 is 5.11 Å². The van der Waals surface area contributed by atoms with E-state index < -0.39 is 5.97 Å². The molecule has 2 rings (SSSR count). The van der Waals surface area contributed by atoms with Crippen LogP contribution in [0.2, 0.25) is 0 Å². The molecule has 1 aliphatic rings. The molecule has 0 aliphatic carbocycles. The lowest BCUT2D eigenvalue weighted by Gasteiger charge is -2.35. The molecular weight excluding hydrogens is 314 g/mol. The molecule has 0 radical (unpaired) electrons. The third-order valence-electron chi connectivity index (χ3n) is 3.66. The van der Waals surface area contributed by atoms with Gasteiger partial charge in [-0.05, 0) is 60.8 Å². The minimum Gasteiger partial charge on any atom is -0.481 e. The molecule has 1 aromatic rings. The second-order valence-electron chi connectivity index (χ2n) is 4.92. The van der Waals surface area contributed by atoms with E-state index in [4.69, 9.17) is 5.11 Å². The standard InChI is InChI=1S/C13H18BrNO2S/c1-9(12-7-11(14)8-18-12)15-4-2-10(3-5-15)6-13(16)17/h7-10H,2-6H2,1H3,(H,16,17). The molecule has 5 heteroatoms. The molecule has 0 bridgehead atoms. The van der Waals surface area contributed by atoms with Crippen molar-refractivity contribution in [2.45, 2.75) is 32.2 Å². The summed E-state index contributed by atoms with van der Waals surface area (Å²) in [5.74, 6) is -0.301. The van der Waals surface area contributed by atoms with Gasteiger partial charge in [0.25, 0.3) is 0 Å². The minimum atomic E-state index is -0.663. The van der Waals surface area contributed by atoms with Gasteiger partial charge in [-0.2, -0.15) is 0 Å². The molecule has 100 valence electrons. The van der Waals surface area contributed by atoms with E-state index in [2.05, 4.69) is 39.2 Å². The number of carbonyl (C=O) groups is 1. The van der Waals surface area contributed by atoms with Gasteiger partial charge in [-0.1, -0.05) is 0 Å². The summed E-state index contributed by atoms with van der Waals surface area (Å²) in [7, 11) is 0. The smallest absolute Gasteiger partial charge is 0.303 e. The van der Waals surface area contributed by atoms with Crippen LogP contribution in [0.5, 0.6) is 0 Å². The van der Waals surface area contributed by atoms with Crippen LogP contribution in [-0.4, -0.2) is 29.1 Å². The Morgan fingerprint density at radius 3 is 2.78 bits per heavy atom. The molecule has 3 nitrogen and oxygen atoms in total. The van der Waals surface area contributed by atoms with Crippen LogP contribution in [0.1, 0.15) is 37.1 Å². The van der Waals surface area contributed by atoms with E-state index in [9.17, 15) is 4.79 Å². The van der Waals surface area contributed by atoms with Crippen molar-refractivity contribution in [2.24, 2.45) is 5.92 Å². The summed E-state index contributed by atoms with van der Waals surface area (Å²) in [5, 5.41) is 10.9. The van der Waals surface area contributed by atoms with Gasteiger partial charge in [0.05, 0.1) is 0 Å². The van der Waals surface area contributed by atoms with Crippen molar-refractivity contribution in [3.63, 3.8) is 0 Å². The molecule has 1 aliphatic heterocycles. The van der Waals surface area contributed by atoms with E-state index in [1.807, 2.05) is 0 Å². The van der Waals surface area contributed by atoms with Gasteiger partial charge in [0.2, 0.25) is 0 Å². The molecule has 1 fully saturated rings.